The van der Waals surface area contributed by atoms with Gasteiger partial charge in [0.05, 0.1) is 20.3 Å². The molecule has 1 unspecified atom stereocenters. The summed E-state index contributed by atoms with van der Waals surface area (Å²) in [6.07, 6.45) is 6.09. The number of hydrogen-bond donors (Lipinski definition) is 1. The molecule has 1 N–H and O–H groups in total. The van der Waals surface area contributed by atoms with E-state index in [4.69, 9.17) is 4.42 Å². The van der Waals surface area contributed by atoms with Crippen molar-refractivity contribution in [1.82, 2.24) is 4.98 Å². The molecule has 2 aromatic carbocycles. The quantitative estimate of drug-likeness (QED) is 0.536. The third-order valence-electron chi connectivity index (χ3n) is 6.08. The average Bonchev–Trinajstić information content (AvgIpc) is 3.41. The van der Waals surface area contributed by atoms with E-state index in [-0.39, 0.29) is 22.9 Å². The minimum absolute atomic E-state index is 0. The molecule has 3 aromatic rings. The van der Waals surface area contributed by atoms with Crippen LogP contribution >= 0.6 is 0 Å². The van der Waals surface area contributed by atoms with Crippen molar-refractivity contribution in [2.75, 3.05) is 14.1 Å². The summed E-state index contributed by atoms with van der Waals surface area (Å²) in [5.74, 6) is 1.39. The Bertz CT molecular complexity index is 921. The summed E-state index contributed by atoms with van der Waals surface area (Å²) >= 11 is 0. The number of benzene rings is 2. The van der Waals surface area contributed by atoms with Gasteiger partial charge in [-0.3, -0.25) is 0 Å². The maximum Gasteiger partial charge on any atom is 0.231 e. The van der Waals surface area contributed by atoms with Gasteiger partial charge < -0.3 is 31.0 Å². The Morgan fingerprint density at radius 2 is 1.57 bits per heavy atom. The fourth-order valence-corrected chi connectivity index (χ4v) is 4.68. The number of nitrogens with zero attached hydrogens (tertiary/aromatic N) is 2. The van der Waals surface area contributed by atoms with Crippen molar-refractivity contribution >= 4 is 0 Å². The first-order chi connectivity index (χ1) is 14.0. The van der Waals surface area contributed by atoms with Crippen LogP contribution in [0.25, 0.3) is 0 Å². The smallest absolute Gasteiger partial charge is 0.231 e. The summed E-state index contributed by atoms with van der Waals surface area (Å²) in [5.41, 5.74) is 1.01. The molecule has 4 nitrogen and oxygen atoms in total. The van der Waals surface area contributed by atoms with Gasteiger partial charge in [0, 0.05) is 11.5 Å². The summed E-state index contributed by atoms with van der Waals surface area (Å²) in [6, 6.07) is 20.4. The van der Waals surface area contributed by atoms with Gasteiger partial charge in [-0.1, -0.05) is 73.5 Å². The molecule has 1 aliphatic carbocycles. The summed E-state index contributed by atoms with van der Waals surface area (Å²) in [6.45, 7) is 1.62. The monoisotopic (exact) mass is 470 g/mol. The second-order valence-corrected chi connectivity index (χ2v) is 8.98. The van der Waals surface area contributed by atoms with Crippen molar-refractivity contribution in [1.29, 1.82) is 0 Å². The van der Waals surface area contributed by atoms with Gasteiger partial charge in [-0.2, -0.15) is 0 Å². The molecule has 5 heteroatoms. The molecule has 0 amide bonds. The number of halogens is 1. The van der Waals surface area contributed by atoms with Crippen LogP contribution in [0.2, 0.25) is 0 Å². The van der Waals surface area contributed by atoms with Gasteiger partial charge in [0.1, 0.15) is 13.1 Å². The maximum absolute atomic E-state index is 11.8. The van der Waals surface area contributed by atoms with Crippen LogP contribution in [0.4, 0.5) is 0 Å². The van der Waals surface area contributed by atoms with Gasteiger partial charge in [0.2, 0.25) is 5.89 Å². The van der Waals surface area contributed by atoms with Crippen molar-refractivity contribution in [2.24, 2.45) is 5.92 Å². The van der Waals surface area contributed by atoms with Crippen molar-refractivity contribution in [2.45, 2.75) is 44.4 Å². The molecule has 0 saturated heterocycles. The Morgan fingerprint density at radius 1 is 0.967 bits per heavy atom. The number of aliphatic hydroxyl groups is 1. The number of rotatable bonds is 7. The second kappa shape index (κ2) is 9.46. The SMILES string of the molecule is C[N+](C)(Cc1ccccc1)Cc1cnc(C(O)(c2ccccc2)C2CCCC2)o1.[Br-]. The van der Waals surface area contributed by atoms with E-state index in [1.807, 2.05) is 36.4 Å². The fourth-order valence-electron chi connectivity index (χ4n) is 4.68. The van der Waals surface area contributed by atoms with Crippen LogP contribution < -0.4 is 17.0 Å². The van der Waals surface area contributed by atoms with Crippen molar-refractivity contribution in [3.63, 3.8) is 0 Å². The Morgan fingerprint density at radius 3 is 2.20 bits per heavy atom. The Balaban J connectivity index is 0.00000256. The highest BCUT2D eigenvalue weighted by molar-refractivity contribution is 5.30. The predicted molar refractivity (Wildman–Crippen MR) is 114 cm³/mol. The van der Waals surface area contributed by atoms with Gasteiger partial charge >= 0.3 is 0 Å². The van der Waals surface area contributed by atoms with Crippen LogP contribution in [-0.4, -0.2) is 28.7 Å². The Hall–Kier alpha value is -1.95. The first-order valence-corrected chi connectivity index (χ1v) is 10.6. The largest absolute Gasteiger partial charge is 1.00 e. The van der Waals surface area contributed by atoms with Crippen LogP contribution in [0.3, 0.4) is 0 Å². The highest BCUT2D eigenvalue weighted by atomic mass is 79.9. The van der Waals surface area contributed by atoms with Crippen molar-refractivity contribution in [3.05, 3.63) is 89.6 Å². The molecular weight excluding hydrogens is 440 g/mol. The Labute approximate surface area is 189 Å². The average molecular weight is 471 g/mol. The molecule has 0 bridgehead atoms. The summed E-state index contributed by atoms with van der Waals surface area (Å²) in [4.78, 5) is 4.57. The maximum atomic E-state index is 11.8. The first-order valence-electron chi connectivity index (χ1n) is 10.6. The van der Waals surface area contributed by atoms with Crippen LogP contribution in [0.1, 0.15) is 48.5 Å². The molecule has 1 saturated carbocycles. The molecule has 1 fully saturated rings. The highest BCUT2D eigenvalue weighted by Gasteiger charge is 2.45. The van der Waals surface area contributed by atoms with Crippen molar-refractivity contribution < 1.29 is 31.0 Å². The number of hydrogen-bond acceptors (Lipinski definition) is 3. The van der Waals surface area contributed by atoms with E-state index in [1.54, 1.807) is 6.20 Å². The lowest BCUT2D eigenvalue weighted by atomic mass is 9.80. The van der Waals surface area contributed by atoms with E-state index >= 15 is 0 Å². The van der Waals surface area contributed by atoms with E-state index in [0.29, 0.717) is 5.89 Å². The molecule has 160 valence electrons. The third-order valence-corrected chi connectivity index (χ3v) is 6.08. The van der Waals surface area contributed by atoms with E-state index in [1.165, 1.54) is 5.56 Å². The number of quaternary nitrogens is 1. The zero-order chi connectivity index (χ0) is 20.3. The van der Waals surface area contributed by atoms with Gasteiger partial charge in [0.15, 0.2) is 11.4 Å². The zero-order valence-corrected chi connectivity index (χ0v) is 19.4. The highest BCUT2D eigenvalue weighted by Crippen LogP contribution is 2.44. The Kier molecular flexibility index (Phi) is 7.17. The summed E-state index contributed by atoms with van der Waals surface area (Å²) in [7, 11) is 4.38. The summed E-state index contributed by atoms with van der Waals surface area (Å²) in [5, 5.41) is 11.8. The summed E-state index contributed by atoms with van der Waals surface area (Å²) < 4.78 is 6.97. The lowest BCUT2D eigenvalue weighted by molar-refractivity contribution is -0.917. The number of aromatic nitrogens is 1. The van der Waals surface area contributed by atoms with E-state index < -0.39 is 5.60 Å². The lowest BCUT2D eigenvalue weighted by Crippen LogP contribution is -3.00. The van der Waals surface area contributed by atoms with Gasteiger partial charge in [-0.05, 0) is 18.4 Å². The van der Waals surface area contributed by atoms with E-state index in [0.717, 1.165) is 54.6 Å². The molecule has 4 rings (SSSR count). The van der Waals surface area contributed by atoms with Crippen LogP contribution in [0.15, 0.2) is 71.3 Å². The standard InChI is InChI=1S/C25H31N2O2.BrH/c1-27(2,18-20-11-5-3-6-12-20)19-23-17-26-24(29-23)25(28,22-15-9-10-16-22)21-13-7-4-8-14-21;/h3-8,11-14,17,22,28H,9-10,15-16,18-19H2,1-2H3;1H/q+1;/p-1. The van der Waals surface area contributed by atoms with Gasteiger partial charge in [-0.15, -0.1) is 0 Å². The lowest BCUT2D eigenvalue weighted by Gasteiger charge is -2.32. The van der Waals surface area contributed by atoms with Crippen molar-refractivity contribution in [3.8, 4) is 0 Å². The van der Waals surface area contributed by atoms with Crippen LogP contribution in [0, 0.1) is 5.92 Å². The normalized spacial score (nSPS) is 16.8. The minimum atomic E-state index is -1.16. The topological polar surface area (TPSA) is 46.3 Å². The predicted octanol–water partition coefficient (Wildman–Crippen LogP) is 1.88. The molecular formula is C25H31BrN2O2. The minimum Gasteiger partial charge on any atom is -1.00 e. The van der Waals surface area contributed by atoms with Crippen LogP contribution in [0.5, 0.6) is 0 Å². The molecule has 30 heavy (non-hydrogen) atoms. The molecule has 1 atom stereocenters. The fraction of sp³-hybridized carbons (Fsp3) is 0.400. The molecule has 1 heterocycles. The number of oxazole rings is 1. The second-order valence-electron chi connectivity index (χ2n) is 8.98. The molecule has 1 aliphatic rings. The zero-order valence-electron chi connectivity index (χ0n) is 17.8. The van der Waals surface area contributed by atoms with E-state index in [9.17, 15) is 5.11 Å². The molecule has 1 aromatic heterocycles. The van der Waals surface area contributed by atoms with Crippen LogP contribution in [-0.2, 0) is 18.7 Å². The van der Waals surface area contributed by atoms with Gasteiger partial charge in [-0.25, -0.2) is 4.98 Å². The first kappa shape index (κ1) is 22.7. The van der Waals surface area contributed by atoms with E-state index in [2.05, 4.69) is 43.3 Å². The molecule has 0 aliphatic heterocycles. The third kappa shape index (κ3) is 4.85. The molecule has 0 spiro atoms. The molecule has 0 radical (unpaired) electrons. The van der Waals surface area contributed by atoms with Gasteiger partial charge in [0.25, 0.3) is 0 Å².